The predicted molar refractivity (Wildman–Crippen MR) is 141 cm³/mol. The third-order valence-electron chi connectivity index (χ3n) is 5.90. The molecule has 0 spiro atoms. The first-order chi connectivity index (χ1) is 16.9. The zero-order chi connectivity index (χ0) is 26.5. The molecule has 0 amide bonds. The Hall–Kier alpha value is -2.97. The highest BCUT2D eigenvalue weighted by Gasteiger charge is 2.31. The number of nitrogens with two attached hydrogens (primary N) is 1. The number of pyridine rings is 1. The Kier molecular flexibility index (Phi) is 8.74. The smallest absolute Gasteiger partial charge is 0.339 e. The predicted octanol–water partition coefficient (Wildman–Crippen LogP) is 3.82. The van der Waals surface area contributed by atoms with Crippen LogP contribution in [-0.2, 0) is 22.4 Å². The monoisotopic (exact) mass is 496 g/mol. The van der Waals surface area contributed by atoms with Crippen LogP contribution in [0.2, 0.25) is 0 Å². The van der Waals surface area contributed by atoms with Crippen LogP contribution >= 0.6 is 0 Å². The molecule has 0 aliphatic carbocycles. The zero-order valence-electron chi connectivity index (χ0n) is 22.5. The standard InChI is InChI=1S/C28H40N4O4/c1-27(2,3)35-25(33)23-20(7-8-21(19-29)24(23)26(34)36-28(4,5)6)11-14-31-15-17-32(18-16-31)22-9-12-30-13-10-22/h7-10,12-13H,11,14-19,29H2,1-6H3. The highest BCUT2D eigenvalue weighted by atomic mass is 16.6. The van der Waals surface area contributed by atoms with Gasteiger partial charge in [0, 0.05) is 57.3 Å². The van der Waals surface area contributed by atoms with Crippen LogP contribution in [0.1, 0.15) is 73.4 Å². The van der Waals surface area contributed by atoms with Gasteiger partial charge >= 0.3 is 11.9 Å². The molecular formula is C28H40N4O4. The number of esters is 2. The lowest BCUT2D eigenvalue weighted by Crippen LogP contribution is -2.47. The van der Waals surface area contributed by atoms with Crippen LogP contribution in [0.4, 0.5) is 5.69 Å². The first-order valence-electron chi connectivity index (χ1n) is 12.6. The summed E-state index contributed by atoms with van der Waals surface area (Å²) in [6, 6.07) is 7.77. The Morgan fingerprint density at radius 1 is 0.833 bits per heavy atom. The number of hydrogen-bond donors (Lipinski definition) is 1. The average Bonchev–Trinajstić information content (AvgIpc) is 2.80. The van der Waals surface area contributed by atoms with Crippen molar-refractivity contribution in [2.45, 2.75) is 65.7 Å². The number of piperazine rings is 1. The van der Waals surface area contributed by atoms with Gasteiger partial charge in [-0.05, 0) is 71.2 Å². The maximum Gasteiger partial charge on any atom is 0.339 e. The molecule has 1 aromatic heterocycles. The van der Waals surface area contributed by atoms with Gasteiger partial charge in [0.2, 0.25) is 0 Å². The van der Waals surface area contributed by atoms with E-state index in [1.54, 1.807) is 20.8 Å². The van der Waals surface area contributed by atoms with Crippen molar-refractivity contribution in [2.24, 2.45) is 5.73 Å². The Morgan fingerprint density at radius 3 is 1.83 bits per heavy atom. The summed E-state index contributed by atoms with van der Waals surface area (Å²) in [6.07, 6.45) is 4.23. The molecule has 2 aromatic rings. The molecule has 1 aliphatic heterocycles. The Bertz CT molecular complexity index is 1050. The van der Waals surface area contributed by atoms with Crippen molar-refractivity contribution in [3.8, 4) is 0 Å². The van der Waals surface area contributed by atoms with Gasteiger partial charge in [0.15, 0.2) is 0 Å². The van der Waals surface area contributed by atoms with Crippen LogP contribution in [0.25, 0.3) is 0 Å². The highest BCUT2D eigenvalue weighted by molar-refractivity contribution is 6.05. The number of ether oxygens (including phenoxy) is 2. The molecule has 0 unspecified atom stereocenters. The number of benzene rings is 1. The van der Waals surface area contributed by atoms with Gasteiger partial charge in [-0.15, -0.1) is 0 Å². The number of carbonyl (C=O) groups is 2. The number of rotatable bonds is 7. The SMILES string of the molecule is CC(C)(C)OC(=O)c1c(CN)ccc(CCN2CCN(c3ccncc3)CC2)c1C(=O)OC(C)(C)C. The quantitative estimate of drug-likeness (QED) is 0.578. The van der Waals surface area contributed by atoms with Crippen LogP contribution in [-0.4, -0.2) is 65.7 Å². The normalized spacial score (nSPS) is 15.0. The summed E-state index contributed by atoms with van der Waals surface area (Å²) in [5.74, 6) is -1.09. The van der Waals surface area contributed by atoms with E-state index < -0.39 is 23.1 Å². The summed E-state index contributed by atoms with van der Waals surface area (Å²) in [4.78, 5) is 35.5. The summed E-state index contributed by atoms with van der Waals surface area (Å²) in [7, 11) is 0. The molecule has 36 heavy (non-hydrogen) atoms. The van der Waals surface area contributed by atoms with Gasteiger partial charge in [-0.1, -0.05) is 12.1 Å². The lowest BCUT2D eigenvalue weighted by Gasteiger charge is -2.36. The van der Waals surface area contributed by atoms with E-state index >= 15 is 0 Å². The van der Waals surface area contributed by atoms with Crippen LogP contribution in [0.3, 0.4) is 0 Å². The third-order valence-corrected chi connectivity index (χ3v) is 5.90. The zero-order valence-corrected chi connectivity index (χ0v) is 22.5. The number of anilines is 1. The minimum atomic E-state index is -0.710. The minimum Gasteiger partial charge on any atom is -0.456 e. The second kappa shape index (κ2) is 11.4. The van der Waals surface area contributed by atoms with Crippen molar-refractivity contribution in [1.29, 1.82) is 0 Å². The van der Waals surface area contributed by atoms with Crippen molar-refractivity contribution in [3.63, 3.8) is 0 Å². The fourth-order valence-electron chi connectivity index (χ4n) is 4.26. The summed E-state index contributed by atoms with van der Waals surface area (Å²) >= 11 is 0. The first kappa shape index (κ1) is 27.6. The van der Waals surface area contributed by atoms with E-state index in [2.05, 4.69) is 14.8 Å². The summed E-state index contributed by atoms with van der Waals surface area (Å²) in [5.41, 5.74) is 7.54. The van der Waals surface area contributed by atoms with E-state index in [0.29, 0.717) is 12.0 Å². The molecule has 8 nitrogen and oxygen atoms in total. The van der Waals surface area contributed by atoms with E-state index in [-0.39, 0.29) is 17.7 Å². The van der Waals surface area contributed by atoms with Crippen molar-refractivity contribution >= 4 is 17.6 Å². The van der Waals surface area contributed by atoms with E-state index in [9.17, 15) is 9.59 Å². The number of hydrogen-bond acceptors (Lipinski definition) is 8. The van der Waals surface area contributed by atoms with Crippen molar-refractivity contribution in [3.05, 3.63) is 58.9 Å². The molecule has 0 saturated carbocycles. The summed E-state index contributed by atoms with van der Waals surface area (Å²) in [5, 5.41) is 0. The van der Waals surface area contributed by atoms with Gasteiger partial charge in [-0.3, -0.25) is 9.88 Å². The topological polar surface area (TPSA) is 98.0 Å². The molecule has 2 N–H and O–H groups in total. The van der Waals surface area contributed by atoms with E-state index in [1.807, 2.05) is 57.4 Å². The average molecular weight is 497 g/mol. The molecule has 8 heteroatoms. The van der Waals surface area contributed by atoms with Crippen LogP contribution < -0.4 is 10.6 Å². The molecule has 0 atom stereocenters. The number of aromatic nitrogens is 1. The van der Waals surface area contributed by atoms with Gasteiger partial charge in [0.05, 0.1) is 11.1 Å². The molecule has 1 aromatic carbocycles. The minimum absolute atomic E-state index is 0.113. The van der Waals surface area contributed by atoms with E-state index in [1.165, 1.54) is 5.69 Å². The molecule has 0 bridgehead atoms. The van der Waals surface area contributed by atoms with E-state index in [4.69, 9.17) is 15.2 Å². The molecule has 0 radical (unpaired) electrons. The fraction of sp³-hybridized carbons (Fsp3) is 0.536. The second-order valence-electron chi connectivity index (χ2n) is 11.1. The summed E-state index contributed by atoms with van der Waals surface area (Å²) in [6.45, 7) is 15.4. The Balaban J connectivity index is 1.83. The van der Waals surface area contributed by atoms with Crippen LogP contribution in [0.15, 0.2) is 36.7 Å². The maximum atomic E-state index is 13.4. The molecule has 1 aliphatic rings. The highest BCUT2D eigenvalue weighted by Crippen LogP contribution is 2.26. The Morgan fingerprint density at radius 2 is 1.33 bits per heavy atom. The molecule has 196 valence electrons. The molecule has 1 fully saturated rings. The molecule has 2 heterocycles. The van der Waals surface area contributed by atoms with Crippen molar-refractivity contribution in [2.75, 3.05) is 37.6 Å². The Labute approximate surface area is 214 Å². The van der Waals surface area contributed by atoms with Gasteiger partial charge < -0.3 is 20.1 Å². The first-order valence-corrected chi connectivity index (χ1v) is 12.6. The third kappa shape index (κ3) is 7.51. The maximum absolute atomic E-state index is 13.4. The molecule has 1 saturated heterocycles. The molecular weight excluding hydrogens is 456 g/mol. The largest absolute Gasteiger partial charge is 0.456 e. The number of carbonyl (C=O) groups excluding carboxylic acids is 2. The fourth-order valence-corrected chi connectivity index (χ4v) is 4.26. The second-order valence-corrected chi connectivity index (χ2v) is 11.1. The van der Waals surface area contributed by atoms with E-state index in [0.717, 1.165) is 38.3 Å². The van der Waals surface area contributed by atoms with Crippen LogP contribution in [0.5, 0.6) is 0 Å². The van der Waals surface area contributed by atoms with Gasteiger partial charge in [0.1, 0.15) is 11.2 Å². The van der Waals surface area contributed by atoms with Gasteiger partial charge in [-0.2, -0.15) is 0 Å². The lowest BCUT2D eigenvalue weighted by atomic mass is 9.93. The van der Waals surface area contributed by atoms with Crippen molar-refractivity contribution in [1.82, 2.24) is 9.88 Å². The summed E-state index contributed by atoms with van der Waals surface area (Å²) < 4.78 is 11.4. The van der Waals surface area contributed by atoms with Crippen molar-refractivity contribution < 1.29 is 19.1 Å². The molecule has 3 rings (SSSR count). The lowest BCUT2D eigenvalue weighted by molar-refractivity contribution is 0.00165. The number of nitrogens with zero attached hydrogens (tertiary/aromatic N) is 3. The van der Waals surface area contributed by atoms with Crippen LogP contribution in [0, 0.1) is 0 Å². The van der Waals surface area contributed by atoms with Gasteiger partial charge in [0.25, 0.3) is 0 Å². The van der Waals surface area contributed by atoms with Gasteiger partial charge in [-0.25, -0.2) is 9.59 Å².